The summed E-state index contributed by atoms with van der Waals surface area (Å²) in [6.07, 6.45) is 39.2. The SMILES string of the molecule is CCCCCCCCCCCCCC=C[C@@H](OC(=O)c1ccccc1)[C@H](CO[C@H]1O[C@H](CO)[C@H](O)[C@H](O)[C@H]1O)NC(=O)C=CCCCCCCCCCCCCCCCCCCCCC. The molecule has 1 fully saturated rings. The molecule has 1 heterocycles. The highest BCUT2D eigenvalue weighted by Crippen LogP contribution is 2.23. The Labute approximate surface area is 395 Å². The van der Waals surface area contributed by atoms with Crippen molar-refractivity contribution in [3.63, 3.8) is 0 Å². The number of unbranched alkanes of at least 4 members (excludes halogenated alkanes) is 30. The minimum Gasteiger partial charge on any atom is -0.452 e. The van der Waals surface area contributed by atoms with E-state index in [9.17, 15) is 30.0 Å². The highest BCUT2D eigenvalue weighted by atomic mass is 16.7. The van der Waals surface area contributed by atoms with E-state index in [4.69, 9.17) is 14.2 Å². The third-order valence-electron chi connectivity index (χ3n) is 12.8. The molecule has 1 saturated heterocycles. The van der Waals surface area contributed by atoms with Crippen molar-refractivity contribution in [1.29, 1.82) is 0 Å². The summed E-state index contributed by atoms with van der Waals surface area (Å²) in [4.78, 5) is 26.8. The van der Waals surface area contributed by atoms with E-state index in [-0.39, 0.29) is 12.5 Å². The Hall–Kier alpha value is -2.60. The number of benzene rings is 1. The predicted octanol–water partition coefficient (Wildman–Crippen LogP) is 12.1. The van der Waals surface area contributed by atoms with Crippen LogP contribution in [0, 0.1) is 0 Å². The summed E-state index contributed by atoms with van der Waals surface area (Å²) >= 11 is 0. The monoisotopic (exact) mass is 914 g/mol. The van der Waals surface area contributed by atoms with Gasteiger partial charge in [0.25, 0.3) is 0 Å². The van der Waals surface area contributed by atoms with E-state index in [0.29, 0.717) is 5.56 Å². The molecule has 7 atom stereocenters. The Morgan fingerprint density at radius 3 is 1.48 bits per heavy atom. The summed E-state index contributed by atoms with van der Waals surface area (Å²) in [5.74, 6) is -0.952. The van der Waals surface area contributed by atoms with Crippen LogP contribution in [0.5, 0.6) is 0 Å². The van der Waals surface area contributed by atoms with Crippen molar-refractivity contribution >= 4 is 11.9 Å². The van der Waals surface area contributed by atoms with E-state index in [2.05, 4.69) is 19.2 Å². The van der Waals surface area contributed by atoms with Crippen LogP contribution in [0.25, 0.3) is 0 Å². The van der Waals surface area contributed by atoms with Crippen LogP contribution in [-0.2, 0) is 19.0 Å². The Kier molecular flexibility index (Phi) is 36.4. The third kappa shape index (κ3) is 29.0. The molecule has 0 radical (unpaired) electrons. The lowest BCUT2D eigenvalue weighted by atomic mass is 9.99. The van der Waals surface area contributed by atoms with Gasteiger partial charge in [0, 0.05) is 0 Å². The van der Waals surface area contributed by atoms with Crippen LogP contribution in [0.2, 0.25) is 0 Å². The number of rotatable bonds is 42. The zero-order valence-corrected chi connectivity index (χ0v) is 41.1. The smallest absolute Gasteiger partial charge is 0.338 e. The van der Waals surface area contributed by atoms with Gasteiger partial charge in [0.15, 0.2) is 6.29 Å². The average molecular weight is 914 g/mol. The number of hydrogen-bond donors (Lipinski definition) is 5. The lowest BCUT2D eigenvalue weighted by Crippen LogP contribution is -2.60. The molecule has 0 saturated carbocycles. The van der Waals surface area contributed by atoms with Gasteiger partial charge in [-0.05, 0) is 50.0 Å². The summed E-state index contributed by atoms with van der Waals surface area (Å²) in [5.41, 5.74) is 0.357. The fraction of sp³-hybridized carbons (Fsp3) is 0.782. The molecule has 374 valence electrons. The van der Waals surface area contributed by atoms with Crippen molar-refractivity contribution in [1.82, 2.24) is 5.32 Å². The molecule has 1 aliphatic rings. The first-order valence-corrected chi connectivity index (χ1v) is 26.6. The highest BCUT2D eigenvalue weighted by molar-refractivity contribution is 5.90. The number of carbonyl (C=O) groups excluding carboxylic acids is 2. The molecule has 10 nitrogen and oxygen atoms in total. The molecular formula is C55H95NO9. The van der Waals surface area contributed by atoms with E-state index < -0.39 is 55.4 Å². The largest absolute Gasteiger partial charge is 0.452 e. The van der Waals surface area contributed by atoms with E-state index in [1.54, 1.807) is 30.3 Å². The quantitative estimate of drug-likeness (QED) is 0.0187. The van der Waals surface area contributed by atoms with Gasteiger partial charge in [-0.25, -0.2) is 4.79 Å². The summed E-state index contributed by atoms with van der Waals surface area (Å²) in [6, 6.07) is 7.73. The Morgan fingerprint density at radius 2 is 1.03 bits per heavy atom. The van der Waals surface area contributed by atoms with E-state index >= 15 is 0 Å². The molecule has 65 heavy (non-hydrogen) atoms. The van der Waals surface area contributed by atoms with Crippen molar-refractivity contribution in [2.45, 2.75) is 262 Å². The summed E-state index contributed by atoms with van der Waals surface area (Å²) in [7, 11) is 0. The van der Waals surface area contributed by atoms with E-state index in [1.165, 1.54) is 173 Å². The fourth-order valence-corrected chi connectivity index (χ4v) is 8.56. The molecular weight excluding hydrogens is 819 g/mol. The topological polar surface area (TPSA) is 155 Å². The van der Waals surface area contributed by atoms with Gasteiger partial charge in [-0.3, -0.25) is 4.79 Å². The molecule has 1 aliphatic heterocycles. The maximum Gasteiger partial charge on any atom is 0.338 e. The van der Waals surface area contributed by atoms with Gasteiger partial charge in [-0.1, -0.05) is 224 Å². The number of esters is 1. The lowest BCUT2D eigenvalue weighted by molar-refractivity contribution is -0.302. The van der Waals surface area contributed by atoms with E-state index in [0.717, 1.165) is 38.5 Å². The number of aliphatic hydroxyl groups excluding tert-OH is 4. The second-order valence-corrected chi connectivity index (χ2v) is 18.7. The molecule has 0 aromatic heterocycles. The number of carbonyl (C=O) groups is 2. The first kappa shape index (κ1) is 58.5. The highest BCUT2D eigenvalue weighted by Gasteiger charge is 2.44. The number of aliphatic hydroxyl groups is 4. The van der Waals surface area contributed by atoms with Crippen molar-refractivity contribution < 1.29 is 44.2 Å². The molecule has 1 aromatic rings. The molecule has 5 N–H and O–H groups in total. The predicted molar refractivity (Wildman–Crippen MR) is 265 cm³/mol. The normalized spacial score (nSPS) is 19.8. The number of hydrogen-bond acceptors (Lipinski definition) is 9. The van der Waals surface area contributed by atoms with E-state index in [1.807, 2.05) is 18.2 Å². The minimum absolute atomic E-state index is 0.267. The van der Waals surface area contributed by atoms with Crippen LogP contribution in [0.15, 0.2) is 54.6 Å². The molecule has 0 unspecified atom stereocenters. The van der Waals surface area contributed by atoms with Crippen LogP contribution >= 0.6 is 0 Å². The van der Waals surface area contributed by atoms with Gasteiger partial charge in [0.2, 0.25) is 5.91 Å². The molecule has 10 heteroatoms. The standard InChI is InChI=1S/C55H95NO9/c1-3-5-7-9-11-13-15-17-18-19-20-21-22-23-24-26-28-30-32-34-39-43-50(58)56-47(45-63-55-53(61)52(60)51(59)49(44-57)65-55)48(64-54(62)46-40-36-35-37-41-46)42-38-33-31-29-27-25-16-14-12-10-8-6-4-2/h35-43,47-49,51-53,55,57,59-61H,3-34,44-45H2,1-2H3,(H,56,58)/t47-,48+,49+,51-,52-,53+,55-/m0/s1. The van der Waals surface area contributed by atoms with Crippen LogP contribution in [-0.4, -0.2) is 88.4 Å². The van der Waals surface area contributed by atoms with Crippen LogP contribution in [0.1, 0.15) is 230 Å². The number of nitrogens with one attached hydrogen (secondary N) is 1. The maximum absolute atomic E-state index is 13.4. The Balaban J connectivity index is 1.87. The van der Waals surface area contributed by atoms with Gasteiger partial charge >= 0.3 is 5.97 Å². The molecule has 0 aliphatic carbocycles. The second-order valence-electron chi connectivity index (χ2n) is 18.7. The molecule has 2 rings (SSSR count). The summed E-state index contributed by atoms with van der Waals surface area (Å²) in [5, 5.41) is 44.0. The second kappa shape index (κ2) is 40.5. The van der Waals surface area contributed by atoms with Gasteiger partial charge in [-0.15, -0.1) is 0 Å². The zero-order valence-electron chi connectivity index (χ0n) is 41.1. The van der Waals surface area contributed by atoms with Gasteiger partial charge in [0.05, 0.1) is 24.8 Å². The number of ether oxygens (including phenoxy) is 3. The van der Waals surface area contributed by atoms with Crippen LogP contribution in [0.3, 0.4) is 0 Å². The van der Waals surface area contributed by atoms with Gasteiger partial charge < -0.3 is 40.0 Å². The maximum atomic E-state index is 13.4. The third-order valence-corrected chi connectivity index (χ3v) is 12.8. The first-order valence-electron chi connectivity index (χ1n) is 26.6. The zero-order chi connectivity index (χ0) is 47.0. The Bertz CT molecular complexity index is 1320. The molecule has 1 aromatic carbocycles. The summed E-state index contributed by atoms with van der Waals surface area (Å²) in [6.45, 7) is 3.65. The van der Waals surface area contributed by atoms with Gasteiger partial charge in [0.1, 0.15) is 30.5 Å². The van der Waals surface area contributed by atoms with Crippen molar-refractivity contribution in [3.05, 3.63) is 60.2 Å². The first-order chi connectivity index (χ1) is 31.8. The molecule has 0 bridgehead atoms. The average Bonchev–Trinajstić information content (AvgIpc) is 3.31. The lowest BCUT2D eigenvalue weighted by Gasteiger charge is -2.40. The van der Waals surface area contributed by atoms with Crippen molar-refractivity contribution in [2.24, 2.45) is 0 Å². The molecule has 1 amide bonds. The minimum atomic E-state index is -1.62. The van der Waals surface area contributed by atoms with Crippen LogP contribution < -0.4 is 5.32 Å². The Morgan fingerprint density at radius 1 is 0.600 bits per heavy atom. The summed E-state index contributed by atoms with van der Waals surface area (Å²) < 4.78 is 17.5. The fourth-order valence-electron chi connectivity index (χ4n) is 8.56. The van der Waals surface area contributed by atoms with Crippen LogP contribution in [0.4, 0.5) is 0 Å². The van der Waals surface area contributed by atoms with Crippen molar-refractivity contribution in [3.8, 4) is 0 Å². The number of amides is 1. The molecule has 0 spiro atoms. The van der Waals surface area contributed by atoms with Crippen molar-refractivity contribution in [2.75, 3.05) is 13.2 Å². The van der Waals surface area contributed by atoms with Gasteiger partial charge in [-0.2, -0.15) is 0 Å². The number of allylic oxidation sites excluding steroid dienone is 2.